The third-order valence-corrected chi connectivity index (χ3v) is 3.10. The van der Waals surface area contributed by atoms with Crippen LogP contribution in [0.4, 0.5) is 0 Å². The number of para-hydroxylation sites is 2. The van der Waals surface area contributed by atoms with Crippen molar-refractivity contribution in [2.45, 2.75) is 39.0 Å². The Kier molecular flexibility index (Phi) is 7.26. The molecular weight excluding hydrogens is 314 g/mol. The number of carbonyl (C=O) groups is 2. The van der Waals surface area contributed by atoms with E-state index in [2.05, 4.69) is 19.2 Å². The lowest BCUT2D eigenvalue weighted by atomic mass is 10.2. The van der Waals surface area contributed by atoms with E-state index in [-0.39, 0.29) is 0 Å². The number of hydrogen-bond donors (Lipinski definition) is 2. The summed E-state index contributed by atoms with van der Waals surface area (Å²) in [6.07, 6.45) is 1.83. The van der Waals surface area contributed by atoms with Gasteiger partial charge in [-0.2, -0.15) is 0 Å². The fourth-order valence-electron chi connectivity index (χ4n) is 2.03. The molecule has 0 saturated heterocycles. The number of carboxylic acid groups (broad SMARTS) is 2. The van der Waals surface area contributed by atoms with Crippen molar-refractivity contribution in [1.29, 1.82) is 0 Å². The monoisotopic (exact) mass is 337 g/mol. The van der Waals surface area contributed by atoms with Gasteiger partial charge in [0.15, 0.2) is 11.5 Å². The maximum absolute atomic E-state index is 9.53. The van der Waals surface area contributed by atoms with Gasteiger partial charge in [-0.25, -0.2) is 4.79 Å². The zero-order valence-electron chi connectivity index (χ0n) is 14.0. The molecule has 1 aromatic carbocycles. The van der Waals surface area contributed by atoms with Crippen molar-refractivity contribution in [3.05, 3.63) is 36.4 Å². The quantitative estimate of drug-likeness (QED) is 0.702. The number of carboxylic acids is 2. The summed E-state index contributed by atoms with van der Waals surface area (Å²) < 4.78 is 11.7. The number of nitrogens with two attached hydrogens (primary N) is 1. The van der Waals surface area contributed by atoms with Crippen molar-refractivity contribution in [3.8, 4) is 11.5 Å². The zero-order valence-corrected chi connectivity index (χ0v) is 14.0. The predicted octanol–water partition coefficient (Wildman–Crippen LogP) is -0.0870. The van der Waals surface area contributed by atoms with E-state index in [1.165, 1.54) is 0 Å². The highest BCUT2D eigenvalue weighted by atomic mass is 16.7. The molecule has 0 spiro atoms. The van der Waals surface area contributed by atoms with E-state index in [1.54, 1.807) is 0 Å². The Morgan fingerprint density at radius 2 is 1.79 bits per heavy atom. The highest BCUT2D eigenvalue weighted by molar-refractivity contribution is 5.88. The first-order chi connectivity index (χ1) is 11.2. The average Bonchev–Trinajstić information content (AvgIpc) is 2.81. The molecule has 1 heterocycles. The van der Waals surface area contributed by atoms with Gasteiger partial charge in [0.2, 0.25) is 0 Å². The highest BCUT2D eigenvalue weighted by Gasteiger charge is 2.36. The largest absolute Gasteiger partial charge is 0.545 e. The maximum Gasteiger partial charge on any atom is 0.328 e. The summed E-state index contributed by atoms with van der Waals surface area (Å²) in [5.74, 6) is -1.58. The first kappa shape index (κ1) is 19.5. The summed E-state index contributed by atoms with van der Waals surface area (Å²) in [7, 11) is 0. The molecule has 0 aromatic heterocycles. The Labute approximate surface area is 140 Å². The average molecular weight is 337 g/mol. The molecule has 1 aliphatic heterocycles. The van der Waals surface area contributed by atoms with Crippen molar-refractivity contribution >= 4 is 11.9 Å². The molecule has 7 heteroatoms. The molecule has 0 bridgehead atoms. The minimum atomic E-state index is -1.51. The summed E-state index contributed by atoms with van der Waals surface area (Å²) in [5.41, 5.74) is 0. The molecule has 0 amide bonds. The van der Waals surface area contributed by atoms with Gasteiger partial charge >= 0.3 is 5.97 Å². The Morgan fingerprint density at radius 1 is 1.25 bits per heavy atom. The van der Waals surface area contributed by atoms with Gasteiger partial charge in [0.05, 0.1) is 25.0 Å². The van der Waals surface area contributed by atoms with Crippen LogP contribution in [-0.2, 0) is 9.59 Å². The summed E-state index contributed by atoms with van der Waals surface area (Å²) in [6.45, 7) is 7.39. The second-order valence-electron chi connectivity index (χ2n) is 5.79. The van der Waals surface area contributed by atoms with Crippen LogP contribution in [0.25, 0.3) is 0 Å². The van der Waals surface area contributed by atoms with Crippen molar-refractivity contribution in [2.24, 2.45) is 0 Å². The number of rotatable bonds is 6. The van der Waals surface area contributed by atoms with Gasteiger partial charge in [-0.05, 0) is 32.1 Å². The van der Waals surface area contributed by atoms with Crippen molar-refractivity contribution in [2.75, 3.05) is 6.54 Å². The van der Waals surface area contributed by atoms with Crippen LogP contribution in [0.5, 0.6) is 11.5 Å². The Bertz CT molecular complexity index is 555. The molecule has 3 N–H and O–H groups in total. The van der Waals surface area contributed by atoms with Gasteiger partial charge in [0, 0.05) is 13.0 Å². The van der Waals surface area contributed by atoms with E-state index in [9.17, 15) is 14.7 Å². The van der Waals surface area contributed by atoms with Crippen LogP contribution in [0, 0.1) is 0 Å². The molecular formula is C17H23NO6. The molecule has 2 rings (SSSR count). The molecule has 1 aliphatic rings. The van der Waals surface area contributed by atoms with Crippen molar-refractivity contribution in [3.63, 3.8) is 0 Å². The Hall–Kier alpha value is -2.54. The van der Waals surface area contributed by atoms with Crippen LogP contribution in [-0.4, -0.2) is 35.4 Å². The van der Waals surface area contributed by atoms with Gasteiger partial charge in [0.1, 0.15) is 0 Å². The molecule has 0 unspecified atom stereocenters. The van der Waals surface area contributed by atoms with E-state index in [4.69, 9.17) is 14.6 Å². The fourth-order valence-corrected chi connectivity index (χ4v) is 2.03. The SMILES string of the molecule is CC(C)[NH2+]CCC1(C)Oc2ccccc2O1.O=C([O-])/C=C\C(=O)O. The molecule has 0 atom stereocenters. The van der Waals surface area contributed by atoms with Gasteiger partial charge in [-0.3, -0.25) is 0 Å². The number of hydrogen-bond acceptors (Lipinski definition) is 5. The molecule has 24 heavy (non-hydrogen) atoms. The van der Waals surface area contributed by atoms with E-state index < -0.39 is 17.7 Å². The number of benzene rings is 1. The summed E-state index contributed by atoms with van der Waals surface area (Å²) in [6, 6.07) is 8.45. The van der Waals surface area contributed by atoms with Crippen LogP contribution >= 0.6 is 0 Å². The number of quaternary nitrogens is 1. The lowest BCUT2D eigenvalue weighted by molar-refractivity contribution is -0.684. The predicted molar refractivity (Wildman–Crippen MR) is 84.4 cm³/mol. The Morgan fingerprint density at radius 3 is 2.17 bits per heavy atom. The molecule has 0 saturated carbocycles. The minimum absolute atomic E-state index is 0.447. The third-order valence-electron chi connectivity index (χ3n) is 3.10. The van der Waals surface area contributed by atoms with Crippen LogP contribution in [0.2, 0.25) is 0 Å². The van der Waals surface area contributed by atoms with Gasteiger partial charge in [-0.15, -0.1) is 0 Å². The first-order valence-corrected chi connectivity index (χ1v) is 7.64. The van der Waals surface area contributed by atoms with E-state index in [1.807, 2.05) is 31.2 Å². The van der Waals surface area contributed by atoms with E-state index in [0.29, 0.717) is 18.2 Å². The number of carbonyl (C=O) groups excluding carboxylic acids is 1. The van der Waals surface area contributed by atoms with Gasteiger partial charge < -0.3 is 29.8 Å². The second kappa shape index (κ2) is 8.93. The number of fused-ring (bicyclic) bond motifs is 1. The lowest BCUT2D eigenvalue weighted by Gasteiger charge is -2.22. The highest BCUT2D eigenvalue weighted by Crippen LogP contribution is 2.39. The first-order valence-electron chi connectivity index (χ1n) is 7.64. The standard InChI is InChI=1S/C13H19NO2.C4H4O4/c1-10(2)14-9-8-13(3)15-11-6-4-5-7-12(11)16-13;5-3(6)1-2-4(7)8/h4-7,10,14H,8-9H2,1-3H3;1-2H,(H,5,6)(H,7,8)/b;2-1-. The van der Waals surface area contributed by atoms with Crippen LogP contribution in [0.1, 0.15) is 27.2 Å². The minimum Gasteiger partial charge on any atom is -0.545 e. The van der Waals surface area contributed by atoms with Crippen LogP contribution < -0.4 is 19.9 Å². The number of aliphatic carboxylic acids is 2. The topological polar surface area (TPSA) is 113 Å². The van der Waals surface area contributed by atoms with Gasteiger partial charge in [-0.1, -0.05) is 12.1 Å². The smallest absolute Gasteiger partial charge is 0.328 e. The van der Waals surface area contributed by atoms with Crippen molar-refractivity contribution < 1.29 is 34.6 Å². The Balaban J connectivity index is 0.000000307. The van der Waals surface area contributed by atoms with Crippen molar-refractivity contribution in [1.82, 2.24) is 0 Å². The number of ether oxygens (including phenoxy) is 2. The molecule has 1 aromatic rings. The van der Waals surface area contributed by atoms with Crippen LogP contribution in [0.3, 0.4) is 0 Å². The third kappa shape index (κ3) is 7.15. The second-order valence-corrected chi connectivity index (χ2v) is 5.79. The van der Waals surface area contributed by atoms with Crippen LogP contribution in [0.15, 0.2) is 36.4 Å². The molecule has 0 fully saturated rings. The molecule has 7 nitrogen and oxygen atoms in total. The normalized spacial score (nSPS) is 14.3. The summed E-state index contributed by atoms with van der Waals surface area (Å²) in [4.78, 5) is 19.0. The maximum atomic E-state index is 9.53. The molecule has 0 aliphatic carbocycles. The molecule has 0 radical (unpaired) electrons. The zero-order chi connectivity index (χ0) is 18.2. The van der Waals surface area contributed by atoms with Gasteiger partial charge in [0.25, 0.3) is 5.79 Å². The van der Waals surface area contributed by atoms with E-state index in [0.717, 1.165) is 24.5 Å². The fraction of sp³-hybridized carbons (Fsp3) is 0.412. The summed E-state index contributed by atoms with van der Waals surface area (Å²) in [5, 5.41) is 19.5. The molecule has 132 valence electrons. The van der Waals surface area contributed by atoms with E-state index >= 15 is 0 Å². The summed E-state index contributed by atoms with van der Waals surface area (Å²) >= 11 is 0. The lowest BCUT2D eigenvalue weighted by Crippen LogP contribution is -2.89.